The third kappa shape index (κ3) is 4.57. The van der Waals surface area contributed by atoms with Crippen molar-refractivity contribution in [2.75, 3.05) is 44.4 Å². The lowest BCUT2D eigenvalue weighted by Gasteiger charge is -2.29. The molecule has 0 spiro atoms. The molecule has 0 amide bonds. The van der Waals surface area contributed by atoms with E-state index in [1.165, 1.54) is 5.56 Å². The normalized spacial score (nSPS) is 11.3. The highest BCUT2D eigenvalue weighted by molar-refractivity contribution is 5.68. The van der Waals surface area contributed by atoms with Crippen LogP contribution in [-0.2, 0) is 0 Å². The number of nitrogen functional groups attached to an aromatic ring is 1. The van der Waals surface area contributed by atoms with E-state index in [1.54, 1.807) is 0 Å². The summed E-state index contributed by atoms with van der Waals surface area (Å²) >= 11 is 0. The van der Waals surface area contributed by atoms with E-state index >= 15 is 0 Å². The lowest BCUT2D eigenvalue weighted by molar-refractivity contribution is 0.409. The summed E-state index contributed by atoms with van der Waals surface area (Å²) in [7, 11) is 4.21. The summed E-state index contributed by atoms with van der Waals surface area (Å²) in [6, 6.07) is 6.33. The van der Waals surface area contributed by atoms with Crippen LogP contribution in [0.25, 0.3) is 0 Å². The minimum atomic E-state index is 0.632. The van der Waals surface area contributed by atoms with Gasteiger partial charge in [0.05, 0.1) is 11.4 Å². The maximum Gasteiger partial charge on any atom is 0.0600 e. The molecule has 0 unspecified atom stereocenters. The molecule has 0 bridgehead atoms. The summed E-state index contributed by atoms with van der Waals surface area (Å²) in [6.45, 7) is 9.66. The van der Waals surface area contributed by atoms with Crippen molar-refractivity contribution < 1.29 is 0 Å². The first kappa shape index (κ1) is 14.8. The first-order valence-corrected chi connectivity index (χ1v) is 6.66. The van der Waals surface area contributed by atoms with Crippen LogP contribution in [-0.4, -0.2) is 38.6 Å². The van der Waals surface area contributed by atoms with Crippen molar-refractivity contribution in [3.63, 3.8) is 0 Å². The predicted octanol–water partition coefficient (Wildman–Crippen LogP) is 2.60. The third-order valence-corrected chi connectivity index (χ3v) is 2.93. The molecule has 0 aliphatic heterocycles. The van der Waals surface area contributed by atoms with Crippen molar-refractivity contribution >= 4 is 11.4 Å². The molecule has 1 rings (SSSR count). The van der Waals surface area contributed by atoms with E-state index < -0.39 is 0 Å². The van der Waals surface area contributed by atoms with Crippen LogP contribution in [0.3, 0.4) is 0 Å². The molecule has 18 heavy (non-hydrogen) atoms. The van der Waals surface area contributed by atoms with Gasteiger partial charge in [0.2, 0.25) is 0 Å². The zero-order valence-corrected chi connectivity index (χ0v) is 12.4. The predicted molar refractivity (Wildman–Crippen MR) is 81.2 cm³/mol. The van der Waals surface area contributed by atoms with Crippen LogP contribution in [0.4, 0.5) is 11.4 Å². The Balaban J connectivity index is 2.86. The fourth-order valence-corrected chi connectivity index (χ4v) is 2.03. The number of hydrogen-bond acceptors (Lipinski definition) is 3. The van der Waals surface area contributed by atoms with Crippen molar-refractivity contribution in [1.82, 2.24) is 4.90 Å². The summed E-state index contributed by atoms with van der Waals surface area (Å²) in [6.07, 6.45) is 0. The van der Waals surface area contributed by atoms with E-state index in [0.717, 1.165) is 31.0 Å². The number of anilines is 2. The maximum atomic E-state index is 6.15. The number of aryl methyl sites for hydroxylation is 1. The van der Waals surface area contributed by atoms with Gasteiger partial charge in [-0.1, -0.05) is 19.9 Å². The Morgan fingerprint density at radius 2 is 1.83 bits per heavy atom. The average Bonchev–Trinajstić information content (AvgIpc) is 2.24. The van der Waals surface area contributed by atoms with Gasteiger partial charge in [-0.05, 0) is 44.6 Å². The van der Waals surface area contributed by atoms with E-state index in [1.807, 2.05) is 0 Å². The number of rotatable bonds is 6. The van der Waals surface area contributed by atoms with Crippen LogP contribution in [0.1, 0.15) is 19.4 Å². The van der Waals surface area contributed by atoms with Gasteiger partial charge in [-0.3, -0.25) is 0 Å². The lowest BCUT2D eigenvalue weighted by Crippen LogP contribution is -2.34. The molecular weight excluding hydrogens is 222 g/mol. The smallest absolute Gasteiger partial charge is 0.0600 e. The van der Waals surface area contributed by atoms with Gasteiger partial charge >= 0.3 is 0 Å². The van der Waals surface area contributed by atoms with Gasteiger partial charge in [0.25, 0.3) is 0 Å². The van der Waals surface area contributed by atoms with Gasteiger partial charge in [0.15, 0.2) is 0 Å². The van der Waals surface area contributed by atoms with Gasteiger partial charge in [-0.25, -0.2) is 0 Å². The van der Waals surface area contributed by atoms with Crippen molar-refractivity contribution in [2.24, 2.45) is 5.92 Å². The number of nitrogens with zero attached hydrogens (tertiary/aromatic N) is 2. The van der Waals surface area contributed by atoms with Crippen LogP contribution in [0.15, 0.2) is 18.2 Å². The van der Waals surface area contributed by atoms with Crippen LogP contribution < -0.4 is 10.6 Å². The molecule has 1 aromatic carbocycles. The van der Waals surface area contributed by atoms with Crippen LogP contribution in [0, 0.1) is 12.8 Å². The molecule has 0 atom stereocenters. The summed E-state index contributed by atoms with van der Waals surface area (Å²) < 4.78 is 0. The first-order valence-electron chi connectivity index (χ1n) is 6.66. The van der Waals surface area contributed by atoms with Crippen molar-refractivity contribution in [3.8, 4) is 0 Å². The summed E-state index contributed by atoms with van der Waals surface area (Å²) in [4.78, 5) is 4.59. The zero-order chi connectivity index (χ0) is 13.7. The second-order valence-corrected chi connectivity index (χ2v) is 5.71. The monoisotopic (exact) mass is 249 g/mol. The van der Waals surface area contributed by atoms with Crippen LogP contribution in [0.2, 0.25) is 0 Å². The Bertz CT molecular complexity index is 372. The summed E-state index contributed by atoms with van der Waals surface area (Å²) in [5, 5.41) is 0. The average molecular weight is 249 g/mol. The SMILES string of the molecule is Cc1ccc(N(CCN(C)C)CC(C)C)c(N)c1. The molecule has 1 aromatic rings. The Hall–Kier alpha value is -1.22. The molecule has 0 aromatic heterocycles. The molecule has 0 radical (unpaired) electrons. The number of benzene rings is 1. The second kappa shape index (κ2) is 6.64. The fraction of sp³-hybridized carbons (Fsp3) is 0.600. The van der Waals surface area contributed by atoms with Gasteiger partial charge in [0, 0.05) is 19.6 Å². The molecule has 3 heteroatoms. The second-order valence-electron chi connectivity index (χ2n) is 5.71. The number of hydrogen-bond donors (Lipinski definition) is 1. The lowest BCUT2D eigenvalue weighted by atomic mass is 10.1. The Morgan fingerprint density at radius 3 is 2.33 bits per heavy atom. The van der Waals surface area contributed by atoms with E-state index in [2.05, 4.69) is 62.9 Å². The molecule has 0 saturated carbocycles. The molecule has 0 aliphatic carbocycles. The zero-order valence-electron chi connectivity index (χ0n) is 12.4. The van der Waals surface area contributed by atoms with Gasteiger partial charge in [-0.2, -0.15) is 0 Å². The van der Waals surface area contributed by atoms with E-state index in [-0.39, 0.29) is 0 Å². The summed E-state index contributed by atoms with van der Waals surface area (Å²) in [5.74, 6) is 0.632. The largest absolute Gasteiger partial charge is 0.397 e. The highest BCUT2D eigenvalue weighted by Crippen LogP contribution is 2.24. The summed E-state index contributed by atoms with van der Waals surface area (Å²) in [5.41, 5.74) is 9.41. The minimum Gasteiger partial charge on any atom is -0.397 e. The molecule has 3 nitrogen and oxygen atoms in total. The topological polar surface area (TPSA) is 32.5 Å². The molecule has 2 N–H and O–H groups in total. The standard InChI is InChI=1S/C15H27N3/c1-12(2)11-18(9-8-17(4)5)15-7-6-13(3)10-14(15)16/h6-7,10,12H,8-9,11,16H2,1-5H3. The Morgan fingerprint density at radius 1 is 1.17 bits per heavy atom. The highest BCUT2D eigenvalue weighted by atomic mass is 15.2. The Labute approximate surface area is 112 Å². The van der Waals surface area contributed by atoms with Gasteiger partial charge < -0.3 is 15.5 Å². The van der Waals surface area contributed by atoms with Crippen molar-refractivity contribution in [1.29, 1.82) is 0 Å². The third-order valence-electron chi connectivity index (χ3n) is 2.93. The molecule has 0 aliphatic rings. The van der Waals surface area contributed by atoms with E-state index in [0.29, 0.717) is 5.92 Å². The number of likely N-dealkylation sites (N-methyl/N-ethyl adjacent to an activating group) is 1. The fourth-order valence-electron chi connectivity index (χ4n) is 2.03. The first-order chi connectivity index (χ1) is 8.40. The Kier molecular flexibility index (Phi) is 5.48. The van der Waals surface area contributed by atoms with E-state index in [4.69, 9.17) is 5.73 Å². The van der Waals surface area contributed by atoms with Crippen molar-refractivity contribution in [2.45, 2.75) is 20.8 Å². The molecule has 102 valence electrons. The van der Waals surface area contributed by atoms with Gasteiger partial charge in [0.1, 0.15) is 0 Å². The highest BCUT2D eigenvalue weighted by Gasteiger charge is 2.11. The van der Waals surface area contributed by atoms with Crippen LogP contribution >= 0.6 is 0 Å². The van der Waals surface area contributed by atoms with Gasteiger partial charge in [-0.15, -0.1) is 0 Å². The van der Waals surface area contributed by atoms with Crippen LogP contribution in [0.5, 0.6) is 0 Å². The molecule has 0 heterocycles. The molecule has 0 fully saturated rings. The molecule has 0 saturated heterocycles. The quantitative estimate of drug-likeness (QED) is 0.787. The van der Waals surface area contributed by atoms with E-state index in [9.17, 15) is 0 Å². The minimum absolute atomic E-state index is 0.632. The molecular formula is C15H27N3. The number of nitrogens with two attached hydrogens (primary N) is 1. The maximum absolute atomic E-state index is 6.15. The van der Waals surface area contributed by atoms with Crippen molar-refractivity contribution in [3.05, 3.63) is 23.8 Å².